The largest absolute Gasteiger partial charge is 0.392 e. The van der Waals surface area contributed by atoms with Crippen LogP contribution in [-0.4, -0.2) is 16.0 Å². The Hall–Kier alpha value is -2.61. The average molecular weight is 297 g/mol. The molecule has 1 aromatic heterocycles. The van der Waals surface area contributed by atoms with E-state index in [0.29, 0.717) is 5.69 Å². The number of benzene rings is 1. The first-order valence-electron chi connectivity index (χ1n) is 5.36. The van der Waals surface area contributed by atoms with Gasteiger partial charge in [0, 0.05) is 17.7 Å². The molecule has 0 spiro atoms. The van der Waals surface area contributed by atoms with Crippen molar-refractivity contribution in [1.29, 1.82) is 0 Å². The summed E-state index contributed by atoms with van der Waals surface area (Å²) in [6, 6.07) is 3.79. The number of aromatic nitrogens is 1. The van der Waals surface area contributed by atoms with Crippen LogP contribution in [0.3, 0.4) is 0 Å². The molecule has 0 bridgehead atoms. The van der Waals surface area contributed by atoms with Gasteiger partial charge in [-0.2, -0.15) is 0 Å². The number of nitro benzene ring substituents is 1. The number of hydrogen-bond donors (Lipinski definition) is 2. The number of carbonyl (C=O) groups excluding carboxylic acids is 1. The van der Waals surface area contributed by atoms with Crippen molar-refractivity contribution >= 4 is 34.8 Å². The van der Waals surface area contributed by atoms with Crippen LogP contribution in [0.2, 0.25) is 5.02 Å². The van der Waals surface area contributed by atoms with Gasteiger partial charge >= 0.3 is 0 Å². The second-order valence-electron chi connectivity index (χ2n) is 3.93. The summed E-state index contributed by atoms with van der Waals surface area (Å²) in [4.78, 5) is 22.0. The number of nitro groups is 1. The molecule has 0 aliphatic rings. The summed E-state index contributed by atoms with van der Waals surface area (Å²) >= 11 is 5.77. The van der Waals surface area contributed by atoms with Crippen molar-refractivity contribution in [1.82, 2.24) is 5.16 Å². The fraction of sp³-hybridized carbons (Fsp3) is 0.0909. The van der Waals surface area contributed by atoms with Crippen LogP contribution in [0.15, 0.2) is 22.7 Å². The van der Waals surface area contributed by atoms with Gasteiger partial charge in [0.05, 0.1) is 15.6 Å². The maximum atomic E-state index is 11.9. The molecule has 0 radical (unpaired) electrons. The number of nitrogens with two attached hydrogens (primary N) is 1. The van der Waals surface area contributed by atoms with E-state index in [1.807, 2.05) is 0 Å². The fourth-order valence-electron chi connectivity index (χ4n) is 1.49. The van der Waals surface area contributed by atoms with Crippen LogP contribution in [-0.2, 0) is 0 Å². The predicted molar refractivity (Wildman–Crippen MR) is 71.7 cm³/mol. The lowest BCUT2D eigenvalue weighted by atomic mass is 10.1. The predicted octanol–water partition coefficient (Wildman–Crippen LogP) is 2.38. The molecule has 0 saturated heterocycles. The molecule has 20 heavy (non-hydrogen) atoms. The van der Waals surface area contributed by atoms with Crippen LogP contribution < -0.4 is 11.1 Å². The molecule has 0 aliphatic carbocycles. The number of halogens is 1. The van der Waals surface area contributed by atoms with E-state index in [1.54, 1.807) is 6.92 Å². The Balaban J connectivity index is 2.32. The zero-order valence-corrected chi connectivity index (χ0v) is 11.0. The van der Waals surface area contributed by atoms with E-state index in [0.717, 1.165) is 6.07 Å². The van der Waals surface area contributed by atoms with Crippen LogP contribution in [0.25, 0.3) is 0 Å². The molecule has 0 aliphatic heterocycles. The van der Waals surface area contributed by atoms with E-state index in [-0.39, 0.29) is 22.2 Å². The Morgan fingerprint density at radius 3 is 2.75 bits per heavy atom. The van der Waals surface area contributed by atoms with Gasteiger partial charge < -0.3 is 10.3 Å². The van der Waals surface area contributed by atoms with Gasteiger partial charge in [-0.1, -0.05) is 16.8 Å². The van der Waals surface area contributed by atoms with Crippen molar-refractivity contribution in [3.05, 3.63) is 44.6 Å². The van der Waals surface area contributed by atoms with Crippen molar-refractivity contribution in [2.75, 3.05) is 11.1 Å². The number of hydrogen-bond acceptors (Lipinski definition) is 6. The molecule has 0 atom stereocenters. The third kappa shape index (κ3) is 2.69. The third-order valence-corrected chi connectivity index (χ3v) is 2.74. The Labute approximate surface area is 117 Å². The van der Waals surface area contributed by atoms with E-state index in [1.165, 1.54) is 12.1 Å². The number of nitrogens with one attached hydrogen (secondary N) is 1. The SMILES string of the molecule is Cc1cc(NC(=O)c2cc(Cl)c(N)c([N+](=O)[O-])c2)on1. The van der Waals surface area contributed by atoms with Crippen LogP contribution in [0, 0.1) is 17.0 Å². The molecule has 8 nitrogen and oxygen atoms in total. The number of anilines is 2. The first kappa shape index (κ1) is 13.8. The molecule has 0 unspecified atom stereocenters. The van der Waals surface area contributed by atoms with E-state index in [9.17, 15) is 14.9 Å². The molecule has 1 aromatic carbocycles. The van der Waals surface area contributed by atoms with Gasteiger partial charge in [0.2, 0.25) is 5.88 Å². The zero-order valence-electron chi connectivity index (χ0n) is 10.2. The highest BCUT2D eigenvalue weighted by molar-refractivity contribution is 6.34. The van der Waals surface area contributed by atoms with Crippen molar-refractivity contribution in [3.8, 4) is 0 Å². The maximum absolute atomic E-state index is 11.9. The lowest BCUT2D eigenvalue weighted by molar-refractivity contribution is -0.383. The molecule has 104 valence electrons. The van der Waals surface area contributed by atoms with Gasteiger partial charge in [-0.05, 0) is 13.0 Å². The minimum absolute atomic E-state index is 0.00930. The first-order valence-corrected chi connectivity index (χ1v) is 5.74. The molecule has 1 amide bonds. The second-order valence-corrected chi connectivity index (χ2v) is 4.34. The molecule has 0 saturated carbocycles. The number of nitrogens with zero attached hydrogens (tertiary/aromatic N) is 2. The van der Waals surface area contributed by atoms with E-state index >= 15 is 0 Å². The molecule has 3 N–H and O–H groups in total. The molecule has 1 heterocycles. The highest BCUT2D eigenvalue weighted by Crippen LogP contribution is 2.31. The topological polar surface area (TPSA) is 124 Å². The minimum Gasteiger partial charge on any atom is -0.392 e. The zero-order chi connectivity index (χ0) is 14.9. The van der Waals surface area contributed by atoms with Crippen LogP contribution in [0.5, 0.6) is 0 Å². The van der Waals surface area contributed by atoms with Gasteiger partial charge in [0.1, 0.15) is 5.69 Å². The van der Waals surface area contributed by atoms with E-state index in [2.05, 4.69) is 10.5 Å². The summed E-state index contributed by atoms with van der Waals surface area (Å²) in [5.41, 5.74) is 5.43. The Morgan fingerprint density at radius 1 is 1.50 bits per heavy atom. The number of rotatable bonds is 3. The summed E-state index contributed by atoms with van der Waals surface area (Å²) in [6.45, 7) is 1.68. The Morgan fingerprint density at radius 2 is 2.20 bits per heavy atom. The average Bonchev–Trinajstić information content (AvgIpc) is 2.77. The highest BCUT2D eigenvalue weighted by Gasteiger charge is 2.20. The van der Waals surface area contributed by atoms with Crippen molar-refractivity contribution < 1.29 is 14.2 Å². The van der Waals surface area contributed by atoms with Crippen molar-refractivity contribution in [2.24, 2.45) is 0 Å². The van der Waals surface area contributed by atoms with Crippen molar-refractivity contribution in [3.63, 3.8) is 0 Å². The number of carbonyl (C=O) groups is 1. The summed E-state index contributed by atoms with van der Waals surface area (Å²) < 4.78 is 4.81. The summed E-state index contributed by atoms with van der Waals surface area (Å²) in [5, 5.41) is 16.7. The van der Waals surface area contributed by atoms with Gasteiger partial charge in [0.25, 0.3) is 11.6 Å². The number of aryl methyl sites for hydroxylation is 1. The molecule has 2 aromatic rings. The lowest BCUT2D eigenvalue weighted by Crippen LogP contribution is -2.12. The monoisotopic (exact) mass is 296 g/mol. The normalized spacial score (nSPS) is 10.3. The number of amides is 1. The molecule has 2 rings (SSSR count). The quantitative estimate of drug-likeness (QED) is 0.509. The standard InChI is InChI=1S/C11H9ClN4O4/c1-5-2-9(20-15-5)14-11(17)6-3-7(12)10(13)8(4-6)16(18)19/h2-4H,13H2,1H3,(H,14,17). The van der Waals surface area contributed by atoms with E-state index < -0.39 is 16.5 Å². The van der Waals surface area contributed by atoms with E-state index in [4.69, 9.17) is 21.9 Å². The molecule has 0 fully saturated rings. The summed E-state index contributed by atoms with van der Waals surface area (Å²) in [7, 11) is 0. The maximum Gasteiger partial charge on any atom is 0.294 e. The third-order valence-electron chi connectivity index (χ3n) is 2.43. The second kappa shape index (κ2) is 5.17. The van der Waals surface area contributed by atoms with Gasteiger partial charge in [-0.25, -0.2) is 0 Å². The Bertz CT molecular complexity index is 698. The van der Waals surface area contributed by atoms with Gasteiger partial charge in [0.15, 0.2) is 0 Å². The number of nitrogen functional groups attached to an aromatic ring is 1. The smallest absolute Gasteiger partial charge is 0.294 e. The van der Waals surface area contributed by atoms with Crippen LogP contribution >= 0.6 is 11.6 Å². The van der Waals surface area contributed by atoms with Crippen LogP contribution in [0.1, 0.15) is 16.1 Å². The summed E-state index contributed by atoms with van der Waals surface area (Å²) in [6.07, 6.45) is 0. The fourth-order valence-corrected chi connectivity index (χ4v) is 1.71. The first-order chi connectivity index (χ1) is 9.38. The van der Waals surface area contributed by atoms with Gasteiger partial charge in [-0.15, -0.1) is 0 Å². The molecular weight excluding hydrogens is 288 g/mol. The van der Waals surface area contributed by atoms with Gasteiger partial charge in [-0.3, -0.25) is 20.2 Å². The highest BCUT2D eigenvalue weighted by atomic mass is 35.5. The molecular formula is C11H9ClN4O4. The van der Waals surface area contributed by atoms with Crippen molar-refractivity contribution in [2.45, 2.75) is 6.92 Å². The molecule has 9 heteroatoms. The lowest BCUT2D eigenvalue weighted by Gasteiger charge is -2.04. The minimum atomic E-state index is -0.712. The van der Waals surface area contributed by atoms with Crippen LogP contribution in [0.4, 0.5) is 17.3 Å². The Kier molecular flexibility index (Phi) is 3.57. The summed E-state index contributed by atoms with van der Waals surface area (Å²) in [5.74, 6) is -0.491.